The molecule has 2 aliphatic rings. The Morgan fingerprint density at radius 1 is 1.07 bits per heavy atom. The minimum atomic E-state index is 0.0594. The molecule has 140 valence electrons. The van der Waals surface area contributed by atoms with E-state index in [-0.39, 0.29) is 12.3 Å². The molecule has 1 aromatic carbocycles. The van der Waals surface area contributed by atoms with Gasteiger partial charge in [-0.2, -0.15) is 10.1 Å². The molecule has 0 amide bonds. The molecule has 9 heteroatoms. The maximum atomic E-state index is 13.5. The summed E-state index contributed by atoms with van der Waals surface area (Å²) in [6, 6.07) is 4.27. The van der Waals surface area contributed by atoms with Gasteiger partial charge in [0.25, 0.3) is 0 Å². The molecule has 0 aliphatic heterocycles. The van der Waals surface area contributed by atoms with Gasteiger partial charge in [0.2, 0.25) is 11.1 Å². The molecule has 5 rings (SSSR count). The van der Waals surface area contributed by atoms with Crippen LogP contribution in [-0.2, 0) is 32.7 Å². The average Bonchev–Trinajstić information content (AvgIpc) is 3.42. The van der Waals surface area contributed by atoms with Gasteiger partial charge in [0.15, 0.2) is 12.3 Å². The molecular formula is C18H19FN6S2. The molecule has 6 nitrogen and oxygen atoms in total. The van der Waals surface area contributed by atoms with E-state index < -0.39 is 0 Å². The highest BCUT2D eigenvalue weighted by Gasteiger charge is 2.25. The van der Waals surface area contributed by atoms with Crippen molar-refractivity contribution in [3.8, 4) is 0 Å². The SMILES string of the molecule is Cn1ccc(Sc2nc(Nc3c4c(cc5c3CCC5)CCC4)n(SF)n2)n1. The molecule has 0 spiro atoms. The van der Waals surface area contributed by atoms with Crippen molar-refractivity contribution in [2.45, 2.75) is 48.7 Å². The number of nitrogens with zero attached hydrogens (tertiary/aromatic N) is 5. The van der Waals surface area contributed by atoms with Gasteiger partial charge in [-0.1, -0.05) is 6.07 Å². The van der Waals surface area contributed by atoms with Crippen molar-refractivity contribution in [2.75, 3.05) is 5.32 Å². The van der Waals surface area contributed by atoms with E-state index in [0.717, 1.165) is 36.4 Å². The van der Waals surface area contributed by atoms with Crippen LogP contribution >= 0.6 is 24.1 Å². The molecule has 0 bridgehead atoms. The number of rotatable bonds is 5. The molecule has 0 saturated heterocycles. The maximum Gasteiger partial charge on any atom is 0.239 e. The second-order valence-corrected chi connectivity index (χ2v) is 8.42. The third-order valence-corrected chi connectivity index (χ3v) is 6.39. The number of benzene rings is 1. The van der Waals surface area contributed by atoms with Gasteiger partial charge in [0, 0.05) is 18.9 Å². The zero-order valence-electron chi connectivity index (χ0n) is 14.9. The summed E-state index contributed by atoms with van der Waals surface area (Å²) in [5.41, 5.74) is 6.73. The van der Waals surface area contributed by atoms with Crippen LogP contribution < -0.4 is 5.32 Å². The number of nitrogens with one attached hydrogen (secondary N) is 1. The highest BCUT2D eigenvalue weighted by molar-refractivity contribution is 7.99. The summed E-state index contributed by atoms with van der Waals surface area (Å²) in [4.78, 5) is 4.53. The minimum absolute atomic E-state index is 0.0594. The first-order chi connectivity index (χ1) is 13.2. The van der Waals surface area contributed by atoms with Gasteiger partial charge in [-0.15, -0.1) is 13.1 Å². The molecule has 1 N–H and O–H groups in total. The van der Waals surface area contributed by atoms with Crippen LogP contribution in [0.1, 0.15) is 35.1 Å². The lowest BCUT2D eigenvalue weighted by molar-refractivity contribution is 0.737. The first-order valence-corrected chi connectivity index (χ1v) is 10.6. The zero-order valence-corrected chi connectivity index (χ0v) is 16.5. The lowest BCUT2D eigenvalue weighted by atomic mass is 9.99. The van der Waals surface area contributed by atoms with Gasteiger partial charge in [0.1, 0.15) is 5.03 Å². The van der Waals surface area contributed by atoms with E-state index in [4.69, 9.17) is 0 Å². The largest absolute Gasteiger partial charge is 0.323 e. The number of halogens is 1. The predicted octanol–water partition coefficient (Wildman–Crippen LogP) is 4.26. The van der Waals surface area contributed by atoms with Crippen molar-refractivity contribution >= 4 is 35.7 Å². The summed E-state index contributed by atoms with van der Waals surface area (Å²) < 4.78 is 16.4. The topological polar surface area (TPSA) is 60.6 Å². The number of hydrogen-bond acceptors (Lipinski definition) is 6. The summed E-state index contributed by atoms with van der Waals surface area (Å²) in [6.45, 7) is 0. The Kier molecular flexibility index (Phi) is 4.35. The smallest absolute Gasteiger partial charge is 0.239 e. The van der Waals surface area contributed by atoms with Crippen LogP contribution in [0.15, 0.2) is 28.5 Å². The Labute approximate surface area is 165 Å². The van der Waals surface area contributed by atoms with E-state index in [0.29, 0.717) is 11.1 Å². The van der Waals surface area contributed by atoms with Crippen molar-refractivity contribution in [1.82, 2.24) is 24.0 Å². The van der Waals surface area contributed by atoms with Gasteiger partial charge >= 0.3 is 0 Å². The summed E-state index contributed by atoms with van der Waals surface area (Å²) in [5.74, 6) is 0.426. The first kappa shape index (κ1) is 17.1. The van der Waals surface area contributed by atoms with Gasteiger partial charge in [-0.05, 0) is 78.6 Å². The third-order valence-electron chi connectivity index (χ3n) is 5.22. The van der Waals surface area contributed by atoms with Crippen molar-refractivity contribution in [3.05, 3.63) is 40.6 Å². The Morgan fingerprint density at radius 3 is 2.44 bits per heavy atom. The van der Waals surface area contributed by atoms with Gasteiger partial charge in [-0.25, -0.2) is 0 Å². The standard InChI is InChI=1S/C18H19FN6S2/c1-24-9-8-15(22-24)26-18-21-17(25(23-18)27-19)20-16-13-6-2-4-11(13)10-12-5-3-7-14(12)16/h8-10H,2-7H2,1H3,(H,20,21,23). The summed E-state index contributed by atoms with van der Waals surface area (Å²) in [5, 5.41) is 13.3. The summed E-state index contributed by atoms with van der Waals surface area (Å²) >= 11 is 1.38. The quantitative estimate of drug-likeness (QED) is 0.688. The average molecular weight is 403 g/mol. The van der Waals surface area contributed by atoms with Crippen LogP contribution in [0.25, 0.3) is 0 Å². The van der Waals surface area contributed by atoms with E-state index in [2.05, 4.69) is 26.6 Å². The van der Waals surface area contributed by atoms with Crippen molar-refractivity contribution in [3.63, 3.8) is 0 Å². The normalized spacial score (nSPS) is 15.2. The lowest BCUT2D eigenvalue weighted by Gasteiger charge is -2.16. The van der Waals surface area contributed by atoms with Crippen molar-refractivity contribution in [1.29, 1.82) is 0 Å². The fraction of sp³-hybridized carbons (Fsp3) is 0.389. The minimum Gasteiger partial charge on any atom is -0.323 e. The Hall–Kier alpha value is -2.00. The highest BCUT2D eigenvalue weighted by atomic mass is 32.2. The fourth-order valence-electron chi connectivity index (χ4n) is 4.07. The van der Waals surface area contributed by atoms with Crippen LogP contribution in [0, 0.1) is 0 Å². The van der Waals surface area contributed by atoms with Crippen LogP contribution in [0.4, 0.5) is 15.5 Å². The fourth-order valence-corrected chi connectivity index (χ4v) is 5.12. The van der Waals surface area contributed by atoms with E-state index in [1.54, 1.807) is 4.68 Å². The molecule has 3 aromatic rings. The molecular weight excluding hydrogens is 383 g/mol. The molecule has 2 heterocycles. The van der Waals surface area contributed by atoms with E-state index >= 15 is 0 Å². The Morgan fingerprint density at radius 2 is 1.81 bits per heavy atom. The van der Waals surface area contributed by atoms with Crippen LogP contribution in [0.5, 0.6) is 0 Å². The monoisotopic (exact) mass is 402 g/mol. The summed E-state index contributed by atoms with van der Waals surface area (Å²) in [6.07, 6.45) is 8.61. The van der Waals surface area contributed by atoms with Gasteiger partial charge < -0.3 is 5.32 Å². The number of hydrogen-bond donors (Lipinski definition) is 1. The zero-order chi connectivity index (χ0) is 18.4. The lowest BCUT2D eigenvalue weighted by Crippen LogP contribution is -2.05. The van der Waals surface area contributed by atoms with Crippen molar-refractivity contribution < 1.29 is 3.89 Å². The first-order valence-electron chi connectivity index (χ1n) is 9.08. The molecule has 2 aliphatic carbocycles. The second-order valence-electron chi connectivity index (χ2n) is 6.95. The molecule has 0 unspecified atom stereocenters. The number of aromatic nitrogens is 5. The molecule has 0 atom stereocenters. The number of fused-ring (bicyclic) bond motifs is 2. The third kappa shape index (κ3) is 3.12. The predicted molar refractivity (Wildman–Crippen MR) is 105 cm³/mol. The van der Waals surface area contributed by atoms with Crippen LogP contribution in [0.2, 0.25) is 0 Å². The summed E-state index contributed by atoms with van der Waals surface area (Å²) in [7, 11) is 1.86. The van der Waals surface area contributed by atoms with Gasteiger partial charge in [-0.3, -0.25) is 4.68 Å². The maximum absolute atomic E-state index is 13.5. The molecule has 0 fully saturated rings. The highest BCUT2D eigenvalue weighted by Crippen LogP contribution is 2.40. The van der Waals surface area contributed by atoms with Gasteiger partial charge in [0.05, 0.1) is 0 Å². The molecule has 27 heavy (non-hydrogen) atoms. The van der Waals surface area contributed by atoms with Crippen molar-refractivity contribution in [2.24, 2.45) is 7.05 Å². The number of anilines is 2. The molecule has 0 radical (unpaired) electrons. The van der Waals surface area contributed by atoms with E-state index in [1.165, 1.54) is 50.9 Å². The molecule has 0 saturated carbocycles. The Bertz CT molecular complexity index is 979. The molecule has 2 aromatic heterocycles. The Balaban J connectivity index is 1.49. The van der Waals surface area contributed by atoms with Crippen LogP contribution in [-0.4, -0.2) is 24.0 Å². The second kappa shape index (κ2) is 6.87. The van der Waals surface area contributed by atoms with E-state index in [1.807, 2.05) is 19.3 Å². The van der Waals surface area contributed by atoms with Crippen LogP contribution in [0.3, 0.4) is 0 Å². The number of aryl methyl sites for hydroxylation is 3. The van der Waals surface area contributed by atoms with E-state index in [9.17, 15) is 3.89 Å².